The molecule has 0 spiro atoms. The van der Waals surface area contributed by atoms with Gasteiger partial charge in [-0.05, 0) is 56.3 Å². The Morgan fingerprint density at radius 3 is 2.26 bits per heavy atom. The number of ether oxygens (including phenoxy) is 1. The Hall–Kier alpha value is -4.25. The first-order valence-corrected chi connectivity index (χ1v) is 11.8. The highest BCUT2D eigenvalue weighted by atomic mass is 32.2. The molecule has 3 rings (SSSR count). The van der Waals surface area contributed by atoms with Crippen LogP contribution in [0, 0.1) is 17.0 Å². The minimum absolute atomic E-state index is 0.0432. The molecule has 0 aliphatic rings. The number of benzene rings is 3. The molecule has 0 fully saturated rings. The maximum absolute atomic E-state index is 13.1. The number of nitro groups is 1. The summed E-state index contributed by atoms with van der Waals surface area (Å²) in [6.07, 6.45) is -1.21. The first-order chi connectivity index (χ1) is 16.5. The molecule has 0 bridgehead atoms. The number of anilines is 2. The minimum atomic E-state index is -3.96. The number of hydrogen-bond acceptors (Lipinski definition) is 7. The number of esters is 1. The van der Waals surface area contributed by atoms with Crippen LogP contribution in [0.5, 0.6) is 0 Å². The topological polar surface area (TPSA) is 136 Å². The van der Waals surface area contributed by atoms with E-state index in [4.69, 9.17) is 4.74 Å². The number of amides is 1. The maximum atomic E-state index is 13.1. The van der Waals surface area contributed by atoms with Crippen LogP contribution in [-0.4, -0.2) is 38.4 Å². The van der Waals surface area contributed by atoms with Crippen LogP contribution in [0.3, 0.4) is 0 Å². The number of rotatable bonds is 8. The van der Waals surface area contributed by atoms with Gasteiger partial charge in [0.05, 0.1) is 21.1 Å². The monoisotopic (exact) mass is 497 g/mol. The number of carbonyl (C=O) groups is 2. The molecule has 1 atom stereocenters. The third kappa shape index (κ3) is 6.01. The second-order valence-corrected chi connectivity index (χ2v) is 9.65. The fourth-order valence-corrected chi connectivity index (χ4v) is 4.27. The van der Waals surface area contributed by atoms with E-state index in [1.807, 2.05) is 6.92 Å². The molecule has 0 aromatic heterocycles. The molecule has 10 nitrogen and oxygen atoms in total. The van der Waals surface area contributed by atoms with Gasteiger partial charge < -0.3 is 10.1 Å². The van der Waals surface area contributed by atoms with E-state index in [0.717, 1.165) is 9.87 Å². The van der Waals surface area contributed by atoms with Crippen LogP contribution in [0.25, 0.3) is 0 Å². The molecular weight excluding hydrogens is 474 g/mol. The summed E-state index contributed by atoms with van der Waals surface area (Å²) in [6.45, 7) is 3.24. The molecule has 3 aromatic rings. The summed E-state index contributed by atoms with van der Waals surface area (Å²) >= 11 is 0. The van der Waals surface area contributed by atoms with Crippen molar-refractivity contribution in [1.82, 2.24) is 0 Å². The lowest BCUT2D eigenvalue weighted by atomic mass is 10.2. The second kappa shape index (κ2) is 10.3. The highest BCUT2D eigenvalue weighted by Gasteiger charge is 2.24. The van der Waals surface area contributed by atoms with E-state index in [0.29, 0.717) is 5.69 Å². The zero-order valence-electron chi connectivity index (χ0n) is 19.2. The van der Waals surface area contributed by atoms with Gasteiger partial charge in [0, 0.05) is 24.9 Å². The highest BCUT2D eigenvalue weighted by Crippen LogP contribution is 2.23. The van der Waals surface area contributed by atoms with Gasteiger partial charge in [-0.2, -0.15) is 0 Å². The van der Waals surface area contributed by atoms with E-state index < -0.39 is 32.9 Å². The van der Waals surface area contributed by atoms with E-state index >= 15 is 0 Å². The van der Waals surface area contributed by atoms with Gasteiger partial charge in [-0.3, -0.25) is 19.2 Å². The molecule has 0 aliphatic heterocycles. The van der Waals surface area contributed by atoms with Crippen molar-refractivity contribution in [1.29, 1.82) is 0 Å². The third-order valence-electron chi connectivity index (χ3n) is 5.12. The average Bonchev–Trinajstić information content (AvgIpc) is 2.84. The molecule has 35 heavy (non-hydrogen) atoms. The largest absolute Gasteiger partial charge is 0.449 e. The van der Waals surface area contributed by atoms with Gasteiger partial charge in [-0.25, -0.2) is 13.2 Å². The van der Waals surface area contributed by atoms with Gasteiger partial charge >= 0.3 is 5.97 Å². The summed E-state index contributed by atoms with van der Waals surface area (Å²) in [5.41, 5.74) is 1.55. The summed E-state index contributed by atoms with van der Waals surface area (Å²) in [4.78, 5) is 35.0. The van der Waals surface area contributed by atoms with Crippen molar-refractivity contribution in [3.8, 4) is 0 Å². The number of carbonyl (C=O) groups excluding carboxylic acids is 2. The van der Waals surface area contributed by atoms with Gasteiger partial charge in [0.2, 0.25) is 0 Å². The van der Waals surface area contributed by atoms with Gasteiger partial charge in [0.1, 0.15) is 0 Å². The standard InChI is InChI=1S/C24H23N3O7S/c1-16-7-11-20(12-8-16)26(3)35(32,33)22-6-4-5-18(15-22)24(29)34-17(2)23(28)25-19-9-13-21(14-10-19)27(30)31/h4-15,17H,1-3H3,(H,25,28). The van der Waals surface area contributed by atoms with Crippen LogP contribution in [-0.2, 0) is 19.6 Å². The lowest BCUT2D eigenvalue weighted by molar-refractivity contribution is -0.384. The number of nitro benzene ring substituents is 1. The Balaban J connectivity index is 1.70. The van der Waals surface area contributed by atoms with Crippen molar-refractivity contribution < 1.29 is 27.7 Å². The number of non-ortho nitro benzene ring substituents is 1. The summed E-state index contributed by atoms with van der Waals surface area (Å²) in [5.74, 6) is -1.54. The molecule has 11 heteroatoms. The van der Waals surface area contributed by atoms with Crippen LogP contribution in [0.2, 0.25) is 0 Å². The number of nitrogens with zero attached hydrogens (tertiary/aromatic N) is 2. The minimum Gasteiger partial charge on any atom is -0.449 e. The summed E-state index contributed by atoms with van der Waals surface area (Å²) in [5, 5.41) is 13.2. The van der Waals surface area contributed by atoms with Crippen LogP contribution >= 0.6 is 0 Å². The zero-order valence-corrected chi connectivity index (χ0v) is 20.0. The number of aryl methyl sites for hydroxylation is 1. The SMILES string of the molecule is Cc1ccc(N(C)S(=O)(=O)c2cccc(C(=O)OC(C)C(=O)Nc3ccc([N+](=O)[O-])cc3)c2)cc1. The smallest absolute Gasteiger partial charge is 0.338 e. The van der Waals surface area contributed by atoms with Crippen molar-refractivity contribution >= 4 is 39.0 Å². The lowest BCUT2D eigenvalue weighted by Crippen LogP contribution is -2.30. The first kappa shape index (κ1) is 25.4. The Bertz CT molecular complexity index is 1350. The van der Waals surface area contributed by atoms with E-state index in [1.165, 1.54) is 62.5 Å². The average molecular weight is 498 g/mol. The van der Waals surface area contributed by atoms with Crippen molar-refractivity contribution in [2.45, 2.75) is 24.8 Å². The zero-order chi connectivity index (χ0) is 25.8. The molecule has 0 radical (unpaired) electrons. The number of hydrogen-bond donors (Lipinski definition) is 1. The molecule has 0 heterocycles. The Morgan fingerprint density at radius 2 is 1.66 bits per heavy atom. The predicted octanol–water partition coefficient (Wildman–Crippen LogP) is 3.91. The van der Waals surface area contributed by atoms with Crippen molar-refractivity contribution in [2.75, 3.05) is 16.7 Å². The first-order valence-electron chi connectivity index (χ1n) is 10.4. The summed E-state index contributed by atoms with van der Waals surface area (Å²) < 4.78 is 32.4. The van der Waals surface area contributed by atoms with Gasteiger partial charge in [-0.15, -0.1) is 0 Å². The second-order valence-electron chi connectivity index (χ2n) is 7.68. The lowest BCUT2D eigenvalue weighted by Gasteiger charge is -2.20. The Labute approximate surface area is 202 Å². The van der Waals surface area contributed by atoms with Gasteiger partial charge in [0.15, 0.2) is 6.10 Å². The molecule has 0 saturated carbocycles. The van der Waals surface area contributed by atoms with Crippen LogP contribution < -0.4 is 9.62 Å². The van der Waals surface area contributed by atoms with E-state index in [-0.39, 0.29) is 21.8 Å². The third-order valence-corrected chi connectivity index (χ3v) is 6.91. The van der Waals surface area contributed by atoms with Crippen molar-refractivity contribution in [3.63, 3.8) is 0 Å². The van der Waals surface area contributed by atoms with Crippen molar-refractivity contribution in [2.24, 2.45) is 0 Å². The predicted molar refractivity (Wildman–Crippen MR) is 130 cm³/mol. The Kier molecular flexibility index (Phi) is 7.50. The molecule has 1 unspecified atom stereocenters. The molecule has 1 N–H and O–H groups in total. The van der Waals surface area contributed by atoms with Crippen LogP contribution in [0.1, 0.15) is 22.8 Å². The van der Waals surface area contributed by atoms with Crippen LogP contribution in [0.4, 0.5) is 17.1 Å². The van der Waals surface area contributed by atoms with Gasteiger partial charge in [-0.1, -0.05) is 23.8 Å². The number of sulfonamides is 1. The number of nitrogens with one attached hydrogen (secondary N) is 1. The fourth-order valence-electron chi connectivity index (χ4n) is 3.03. The van der Waals surface area contributed by atoms with E-state index in [9.17, 15) is 28.1 Å². The quantitative estimate of drug-likeness (QED) is 0.283. The molecule has 0 saturated heterocycles. The summed E-state index contributed by atoms with van der Waals surface area (Å²) in [7, 11) is -2.55. The Morgan fingerprint density at radius 1 is 1.03 bits per heavy atom. The van der Waals surface area contributed by atoms with Crippen molar-refractivity contribution in [3.05, 3.63) is 94.0 Å². The highest BCUT2D eigenvalue weighted by molar-refractivity contribution is 7.92. The summed E-state index contributed by atoms with van der Waals surface area (Å²) in [6, 6.07) is 17.4. The molecular formula is C24H23N3O7S. The molecule has 1 amide bonds. The fraction of sp³-hybridized carbons (Fsp3) is 0.167. The van der Waals surface area contributed by atoms with E-state index in [1.54, 1.807) is 24.3 Å². The molecule has 0 aliphatic carbocycles. The van der Waals surface area contributed by atoms with E-state index in [2.05, 4.69) is 5.32 Å². The van der Waals surface area contributed by atoms with Crippen LogP contribution in [0.15, 0.2) is 77.7 Å². The maximum Gasteiger partial charge on any atom is 0.338 e. The molecule has 182 valence electrons. The molecule has 3 aromatic carbocycles. The normalized spacial score (nSPS) is 11.9. The van der Waals surface area contributed by atoms with Gasteiger partial charge in [0.25, 0.3) is 21.6 Å².